The molecule has 1 aromatic carbocycles. The van der Waals surface area contributed by atoms with Gasteiger partial charge in [0.2, 0.25) is 0 Å². The standard InChI is InChI=1S/C15H23FN2S/c1-10(17)7-13-5-4-6-14(16)15(13)18-8-11(2)19-12(3)9-18/h4-6,10-12H,7-9,17H2,1-3H3. The Hall–Kier alpha value is -0.740. The highest BCUT2D eigenvalue weighted by atomic mass is 32.2. The molecule has 1 aliphatic heterocycles. The second-order valence-corrected chi connectivity index (χ2v) is 7.47. The molecule has 0 aliphatic carbocycles. The van der Waals surface area contributed by atoms with E-state index in [1.165, 1.54) is 0 Å². The Morgan fingerprint density at radius 2 is 2.00 bits per heavy atom. The highest BCUT2D eigenvalue weighted by Gasteiger charge is 2.26. The highest BCUT2D eigenvalue weighted by molar-refractivity contribution is 8.00. The zero-order chi connectivity index (χ0) is 14.0. The summed E-state index contributed by atoms with van der Waals surface area (Å²) in [6, 6.07) is 5.38. The van der Waals surface area contributed by atoms with Gasteiger partial charge in [-0.3, -0.25) is 0 Å². The predicted octanol–water partition coefficient (Wildman–Crippen LogP) is 3.05. The van der Waals surface area contributed by atoms with Crippen molar-refractivity contribution in [1.29, 1.82) is 0 Å². The molecule has 4 heteroatoms. The summed E-state index contributed by atoms with van der Waals surface area (Å²) in [5.74, 6) is -0.121. The Morgan fingerprint density at radius 3 is 2.58 bits per heavy atom. The van der Waals surface area contributed by atoms with Gasteiger partial charge < -0.3 is 10.6 Å². The Labute approximate surface area is 119 Å². The Bertz CT molecular complexity index is 426. The minimum absolute atomic E-state index is 0.0505. The molecule has 0 spiro atoms. The van der Waals surface area contributed by atoms with Crippen LogP contribution in [0.15, 0.2) is 18.2 Å². The lowest BCUT2D eigenvalue weighted by atomic mass is 10.0. The van der Waals surface area contributed by atoms with E-state index < -0.39 is 0 Å². The van der Waals surface area contributed by atoms with Gasteiger partial charge in [0.25, 0.3) is 0 Å². The van der Waals surface area contributed by atoms with Crippen molar-refractivity contribution >= 4 is 17.4 Å². The third-order valence-electron chi connectivity index (χ3n) is 3.35. The molecule has 19 heavy (non-hydrogen) atoms. The zero-order valence-electron chi connectivity index (χ0n) is 11.9. The Balaban J connectivity index is 2.31. The van der Waals surface area contributed by atoms with Crippen LogP contribution in [0.4, 0.5) is 10.1 Å². The maximum Gasteiger partial charge on any atom is 0.146 e. The van der Waals surface area contributed by atoms with Crippen molar-refractivity contribution in [1.82, 2.24) is 0 Å². The molecule has 3 unspecified atom stereocenters. The Kier molecular flexibility index (Phi) is 4.74. The van der Waals surface area contributed by atoms with Crippen LogP contribution >= 0.6 is 11.8 Å². The highest BCUT2D eigenvalue weighted by Crippen LogP contribution is 2.32. The molecule has 3 atom stereocenters. The average Bonchev–Trinajstić information content (AvgIpc) is 2.26. The van der Waals surface area contributed by atoms with Crippen molar-refractivity contribution in [2.75, 3.05) is 18.0 Å². The fraction of sp³-hybridized carbons (Fsp3) is 0.600. The van der Waals surface area contributed by atoms with Crippen molar-refractivity contribution in [2.45, 2.75) is 43.7 Å². The van der Waals surface area contributed by atoms with Gasteiger partial charge in [-0.1, -0.05) is 26.0 Å². The van der Waals surface area contributed by atoms with Crippen LogP contribution in [0.25, 0.3) is 0 Å². The monoisotopic (exact) mass is 282 g/mol. The van der Waals surface area contributed by atoms with Crippen molar-refractivity contribution in [3.8, 4) is 0 Å². The molecule has 106 valence electrons. The minimum atomic E-state index is -0.121. The number of thioether (sulfide) groups is 1. The summed E-state index contributed by atoms with van der Waals surface area (Å²) < 4.78 is 14.2. The SMILES string of the molecule is CC(N)Cc1cccc(F)c1N1CC(C)SC(C)C1. The van der Waals surface area contributed by atoms with E-state index in [9.17, 15) is 4.39 Å². The lowest BCUT2D eigenvalue weighted by molar-refractivity contribution is 0.605. The molecular formula is C15H23FN2S. The number of hydrogen-bond donors (Lipinski definition) is 1. The molecule has 0 amide bonds. The molecule has 1 aliphatic rings. The quantitative estimate of drug-likeness (QED) is 0.924. The van der Waals surface area contributed by atoms with Crippen LogP contribution in [-0.2, 0) is 6.42 Å². The maximum atomic E-state index is 14.2. The lowest BCUT2D eigenvalue weighted by Gasteiger charge is -2.37. The van der Waals surface area contributed by atoms with Crippen molar-refractivity contribution in [3.05, 3.63) is 29.6 Å². The van der Waals surface area contributed by atoms with Crippen molar-refractivity contribution in [3.63, 3.8) is 0 Å². The molecule has 2 nitrogen and oxygen atoms in total. The molecule has 0 bridgehead atoms. The summed E-state index contributed by atoms with van der Waals surface area (Å²) in [4.78, 5) is 2.19. The van der Waals surface area contributed by atoms with Gasteiger partial charge in [-0.25, -0.2) is 4.39 Å². The number of hydrogen-bond acceptors (Lipinski definition) is 3. The van der Waals surface area contributed by atoms with Gasteiger partial charge in [-0.15, -0.1) is 0 Å². The first-order valence-corrected chi connectivity index (χ1v) is 7.85. The molecule has 0 saturated carbocycles. The normalized spacial score (nSPS) is 25.4. The smallest absolute Gasteiger partial charge is 0.146 e. The fourth-order valence-corrected chi connectivity index (χ4v) is 4.11. The molecule has 1 heterocycles. The summed E-state index contributed by atoms with van der Waals surface area (Å²) in [5, 5.41) is 1.07. The van der Waals surface area contributed by atoms with Crippen LogP contribution in [0, 0.1) is 5.82 Å². The van der Waals surface area contributed by atoms with Crippen LogP contribution in [0.1, 0.15) is 26.3 Å². The van der Waals surface area contributed by atoms with Gasteiger partial charge in [0.1, 0.15) is 5.82 Å². The van der Waals surface area contributed by atoms with E-state index in [0.29, 0.717) is 10.5 Å². The van der Waals surface area contributed by atoms with Gasteiger partial charge >= 0.3 is 0 Å². The molecule has 2 N–H and O–H groups in total. The first kappa shape index (κ1) is 14.7. The molecule has 0 radical (unpaired) electrons. The van der Waals surface area contributed by atoms with Gasteiger partial charge in [0, 0.05) is 29.6 Å². The van der Waals surface area contributed by atoms with E-state index in [-0.39, 0.29) is 11.9 Å². The second-order valence-electron chi connectivity index (χ2n) is 5.59. The minimum Gasteiger partial charge on any atom is -0.367 e. The second kappa shape index (κ2) is 6.14. The zero-order valence-corrected chi connectivity index (χ0v) is 12.7. The number of halogens is 1. The average molecular weight is 282 g/mol. The van der Waals surface area contributed by atoms with Crippen LogP contribution < -0.4 is 10.6 Å². The van der Waals surface area contributed by atoms with Gasteiger partial charge in [0.15, 0.2) is 0 Å². The molecular weight excluding hydrogens is 259 g/mol. The molecule has 1 aromatic rings. The first-order chi connectivity index (χ1) is 8.97. The summed E-state index contributed by atoms with van der Waals surface area (Å²) in [6.45, 7) is 8.19. The van der Waals surface area contributed by atoms with Crippen LogP contribution in [-0.4, -0.2) is 29.6 Å². The topological polar surface area (TPSA) is 29.3 Å². The van der Waals surface area contributed by atoms with E-state index >= 15 is 0 Å². The maximum absolute atomic E-state index is 14.2. The van der Waals surface area contributed by atoms with E-state index in [1.54, 1.807) is 12.1 Å². The largest absolute Gasteiger partial charge is 0.367 e. The number of anilines is 1. The molecule has 1 saturated heterocycles. The van der Waals surface area contributed by atoms with Gasteiger partial charge in [-0.05, 0) is 25.0 Å². The number of rotatable bonds is 3. The predicted molar refractivity (Wildman–Crippen MR) is 82.5 cm³/mol. The Morgan fingerprint density at radius 1 is 1.37 bits per heavy atom. The molecule has 2 rings (SSSR count). The van der Waals surface area contributed by atoms with Crippen LogP contribution in [0.2, 0.25) is 0 Å². The van der Waals surface area contributed by atoms with E-state index in [2.05, 4.69) is 18.7 Å². The number of nitrogens with two attached hydrogens (primary N) is 1. The summed E-state index contributed by atoms with van der Waals surface area (Å²) in [6.07, 6.45) is 0.722. The summed E-state index contributed by atoms with van der Waals surface area (Å²) >= 11 is 1.98. The molecule has 0 aromatic heterocycles. The van der Waals surface area contributed by atoms with Gasteiger partial charge in [-0.2, -0.15) is 11.8 Å². The van der Waals surface area contributed by atoms with Crippen molar-refractivity contribution in [2.24, 2.45) is 5.73 Å². The van der Waals surface area contributed by atoms with Crippen LogP contribution in [0.5, 0.6) is 0 Å². The van der Waals surface area contributed by atoms with Gasteiger partial charge in [0.05, 0.1) is 5.69 Å². The van der Waals surface area contributed by atoms with Crippen LogP contribution in [0.3, 0.4) is 0 Å². The molecule has 1 fully saturated rings. The number of nitrogens with zero attached hydrogens (tertiary/aromatic N) is 1. The first-order valence-electron chi connectivity index (χ1n) is 6.90. The van der Waals surface area contributed by atoms with E-state index in [0.717, 1.165) is 30.8 Å². The van der Waals surface area contributed by atoms with E-state index in [1.807, 2.05) is 24.8 Å². The third kappa shape index (κ3) is 3.63. The summed E-state index contributed by atoms with van der Waals surface area (Å²) in [5.41, 5.74) is 7.67. The fourth-order valence-electron chi connectivity index (χ4n) is 2.79. The summed E-state index contributed by atoms with van der Waals surface area (Å²) in [7, 11) is 0. The number of benzene rings is 1. The van der Waals surface area contributed by atoms with Crippen molar-refractivity contribution < 1.29 is 4.39 Å². The van der Waals surface area contributed by atoms with E-state index in [4.69, 9.17) is 5.73 Å². The lowest BCUT2D eigenvalue weighted by Crippen LogP contribution is -2.41. The number of para-hydroxylation sites is 1. The third-order valence-corrected chi connectivity index (χ3v) is 4.58.